The molecule has 0 bridgehead atoms. The van der Waals surface area contributed by atoms with Gasteiger partial charge in [0, 0.05) is 0 Å². The smallest absolute Gasteiger partial charge is 0.266 e. The van der Waals surface area contributed by atoms with Gasteiger partial charge in [0.05, 0.1) is 5.71 Å². The molecule has 0 aliphatic rings. The third-order valence-corrected chi connectivity index (χ3v) is 1.77. The molecule has 0 aliphatic heterocycles. The summed E-state index contributed by atoms with van der Waals surface area (Å²) >= 11 is 0. The summed E-state index contributed by atoms with van der Waals surface area (Å²) in [7, 11) is -0.955. The van der Waals surface area contributed by atoms with Gasteiger partial charge < -0.3 is 4.53 Å². The van der Waals surface area contributed by atoms with Crippen molar-refractivity contribution in [3.8, 4) is 0 Å². The SMILES string of the molecule is CC(=NO[SiH](C)C)C(C)C. The summed E-state index contributed by atoms with van der Waals surface area (Å²) in [5.74, 6) is 0.507. The van der Waals surface area contributed by atoms with Gasteiger partial charge in [-0.05, 0) is 25.9 Å². The average molecular weight is 159 g/mol. The summed E-state index contributed by atoms with van der Waals surface area (Å²) in [5, 5.41) is 4.00. The molecule has 0 heterocycles. The molecule has 0 spiro atoms. The van der Waals surface area contributed by atoms with E-state index in [1.54, 1.807) is 0 Å². The van der Waals surface area contributed by atoms with Crippen LogP contribution in [0.2, 0.25) is 13.1 Å². The van der Waals surface area contributed by atoms with Crippen molar-refractivity contribution in [1.82, 2.24) is 0 Å². The van der Waals surface area contributed by atoms with Crippen LogP contribution in [0.25, 0.3) is 0 Å². The van der Waals surface area contributed by atoms with Crippen molar-refractivity contribution in [2.75, 3.05) is 0 Å². The predicted molar refractivity (Wildman–Crippen MR) is 47.9 cm³/mol. The zero-order valence-electron chi connectivity index (χ0n) is 7.51. The summed E-state index contributed by atoms with van der Waals surface area (Å²) < 4.78 is 5.19. The van der Waals surface area contributed by atoms with Crippen molar-refractivity contribution in [1.29, 1.82) is 0 Å². The van der Waals surface area contributed by atoms with E-state index < -0.39 is 9.04 Å². The second-order valence-electron chi connectivity index (χ2n) is 3.04. The van der Waals surface area contributed by atoms with Crippen LogP contribution < -0.4 is 0 Å². The van der Waals surface area contributed by atoms with Gasteiger partial charge in [-0.1, -0.05) is 13.8 Å². The maximum atomic E-state index is 5.19. The fraction of sp³-hybridized carbons (Fsp3) is 0.857. The maximum absolute atomic E-state index is 5.19. The standard InChI is InChI=1S/C7H17NOSi/c1-6(2)7(3)8-9-10(4)5/h6,10H,1-5H3. The lowest BCUT2D eigenvalue weighted by Crippen LogP contribution is -2.08. The molecule has 0 unspecified atom stereocenters. The van der Waals surface area contributed by atoms with Gasteiger partial charge in [-0.15, -0.1) is 5.16 Å². The molecule has 60 valence electrons. The Labute approximate surface area is 65.0 Å². The van der Waals surface area contributed by atoms with Crippen molar-refractivity contribution in [2.45, 2.75) is 33.9 Å². The predicted octanol–water partition coefficient (Wildman–Crippen LogP) is 2.02. The lowest BCUT2D eigenvalue weighted by molar-refractivity contribution is 0.348. The van der Waals surface area contributed by atoms with Gasteiger partial charge in [0.1, 0.15) is 0 Å². The minimum absolute atomic E-state index is 0.507. The van der Waals surface area contributed by atoms with E-state index in [1.165, 1.54) is 0 Å². The Kier molecular flexibility index (Phi) is 4.35. The molecule has 0 atom stereocenters. The third kappa shape index (κ3) is 4.55. The van der Waals surface area contributed by atoms with Crippen LogP contribution in [0.1, 0.15) is 20.8 Å². The van der Waals surface area contributed by atoms with Crippen molar-refractivity contribution in [3.05, 3.63) is 0 Å². The Morgan fingerprint density at radius 1 is 1.40 bits per heavy atom. The monoisotopic (exact) mass is 159 g/mol. The summed E-state index contributed by atoms with van der Waals surface area (Å²) in [6.07, 6.45) is 0. The summed E-state index contributed by atoms with van der Waals surface area (Å²) in [5.41, 5.74) is 1.08. The van der Waals surface area contributed by atoms with Gasteiger partial charge >= 0.3 is 0 Å². The molecule has 0 N–H and O–H groups in total. The van der Waals surface area contributed by atoms with Crippen molar-refractivity contribution < 1.29 is 4.53 Å². The molecule has 0 aliphatic carbocycles. The first-order valence-corrected chi connectivity index (χ1v) is 6.52. The molecule has 0 fully saturated rings. The van der Waals surface area contributed by atoms with Crippen LogP contribution in [0, 0.1) is 5.92 Å². The van der Waals surface area contributed by atoms with Crippen LogP contribution in [-0.4, -0.2) is 14.8 Å². The highest BCUT2D eigenvalue weighted by Gasteiger charge is 1.99. The van der Waals surface area contributed by atoms with E-state index in [2.05, 4.69) is 32.1 Å². The minimum atomic E-state index is -0.955. The summed E-state index contributed by atoms with van der Waals surface area (Å²) in [6, 6.07) is 0. The molecular weight excluding hydrogens is 142 g/mol. The van der Waals surface area contributed by atoms with Crippen molar-refractivity contribution in [3.63, 3.8) is 0 Å². The quantitative estimate of drug-likeness (QED) is 0.351. The highest BCUT2D eigenvalue weighted by atomic mass is 28.3. The summed E-state index contributed by atoms with van der Waals surface area (Å²) in [4.78, 5) is 0. The molecule has 3 heteroatoms. The van der Waals surface area contributed by atoms with Crippen LogP contribution in [0.4, 0.5) is 0 Å². The van der Waals surface area contributed by atoms with E-state index in [-0.39, 0.29) is 0 Å². The van der Waals surface area contributed by atoms with E-state index in [0.29, 0.717) is 5.92 Å². The maximum Gasteiger partial charge on any atom is 0.266 e. The molecule has 10 heavy (non-hydrogen) atoms. The first kappa shape index (κ1) is 9.69. The van der Waals surface area contributed by atoms with E-state index in [4.69, 9.17) is 4.53 Å². The molecule has 0 saturated carbocycles. The molecule has 2 nitrogen and oxygen atoms in total. The van der Waals surface area contributed by atoms with Gasteiger partial charge in [-0.3, -0.25) is 0 Å². The van der Waals surface area contributed by atoms with Crippen molar-refractivity contribution in [2.24, 2.45) is 11.1 Å². The Morgan fingerprint density at radius 3 is 2.20 bits per heavy atom. The van der Waals surface area contributed by atoms with Gasteiger partial charge in [-0.25, -0.2) is 0 Å². The molecule has 0 amide bonds. The lowest BCUT2D eigenvalue weighted by atomic mass is 10.1. The van der Waals surface area contributed by atoms with E-state index >= 15 is 0 Å². The molecule has 0 aromatic carbocycles. The van der Waals surface area contributed by atoms with Gasteiger partial charge in [0.15, 0.2) is 0 Å². The van der Waals surface area contributed by atoms with Crippen LogP contribution in [0.3, 0.4) is 0 Å². The Balaban J connectivity index is 3.69. The van der Waals surface area contributed by atoms with Crippen LogP contribution in [-0.2, 0) is 4.53 Å². The topological polar surface area (TPSA) is 21.6 Å². The highest BCUT2D eigenvalue weighted by molar-refractivity contribution is 6.48. The zero-order chi connectivity index (χ0) is 8.15. The molecule has 0 aromatic heterocycles. The van der Waals surface area contributed by atoms with Gasteiger partial charge in [0.2, 0.25) is 0 Å². The average Bonchev–Trinajstić information content (AvgIpc) is 1.82. The van der Waals surface area contributed by atoms with E-state index in [0.717, 1.165) is 5.71 Å². The van der Waals surface area contributed by atoms with Crippen LogP contribution >= 0.6 is 0 Å². The molecule has 0 saturated heterocycles. The third-order valence-electron chi connectivity index (χ3n) is 1.24. The Morgan fingerprint density at radius 2 is 1.90 bits per heavy atom. The second kappa shape index (κ2) is 4.49. The Hall–Kier alpha value is -0.313. The molecule has 0 rings (SSSR count). The molecule has 0 aromatic rings. The summed E-state index contributed by atoms with van der Waals surface area (Å²) in [6.45, 7) is 10.4. The number of nitrogens with zero attached hydrogens (tertiary/aromatic N) is 1. The fourth-order valence-corrected chi connectivity index (χ4v) is 0.671. The number of hydrogen-bond donors (Lipinski definition) is 0. The van der Waals surface area contributed by atoms with E-state index in [1.807, 2.05) is 6.92 Å². The van der Waals surface area contributed by atoms with Crippen LogP contribution in [0.5, 0.6) is 0 Å². The van der Waals surface area contributed by atoms with Gasteiger partial charge in [-0.2, -0.15) is 0 Å². The number of hydrogen-bond acceptors (Lipinski definition) is 2. The highest BCUT2D eigenvalue weighted by Crippen LogP contribution is 1.97. The number of oxime groups is 1. The lowest BCUT2D eigenvalue weighted by Gasteiger charge is -2.05. The normalized spacial score (nSPS) is 12.9. The first-order chi connectivity index (χ1) is 4.54. The molecule has 0 radical (unpaired) electrons. The fourth-order valence-electron chi connectivity index (χ4n) is 0.294. The largest absolute Gasteiger partial charge is 0.459 e. The minimum Gasteiger partial charge on any atom is -0.459 e. The van der Waals surface area contributed by atoms with E-state index in [9.17, 15) is 0 Å². The molecular formula is C7H17NOSi. The second-order valence-corrected chi connectivity index (χ2v) is 5.35. The first-order valence-electron chi connectivity index (χ1n) is 3.74. The van der Waals surface area contributed by atoms with Crippen molar-refractivity contribution >= 4 is 14.8 Å². The van der Waals surface area contributed by atoms with Crippen LogP contribution in [0.15, 0.2) is 5.16 Å². The zero-order valence-corrected chi connectivity index (χ0v) is 8.66. The van der Waals surface area contributed by atoms with Gasteiger partial charge in [0.25, 0.3) is 9.04 Å². The Bertz CT molecular complexity index is 121. The number of rotatable bonds is 3.